The zero-order valence-electron chi connectivity index (χ0n) is 14.4. The first-order valence-electron chi connectivity index (χ1n) is 8.53. The number of rotatable bonds is 6. The SMILES string of the molecule is CN(Cc1cnc(N(C)C)nc1)C(=O)[C@H](C1CC1)N1CCCC1. The average Bonchev–Trinajstić information content (AvgIpc) is 3.22. The van der Waals surface area contributed by atoms with Gasteiger partial charge in [-0.1, -0.05) is 0 Å². The van der Waals surface area contributed by atoms with Crippen molar-refractivity contribution in [3.63, 3.8) is 0 Å². The van der Waals surface area contributed by atoms with Crippen LogP contribution in [0, 0.1) is 5.92 Å². The van der Waals surface area contributed by atoms with Gasteiger partial charge in [0.05, 0.1) is 6.04 Å². The van der Waals surface area contributed by atoms with Gasteiger partial charge in [0.1, 0.15) is 0 Å². The molecule has 1 amide bonds. The predicted octanol–water partition coefficient (Wildman–Crippen LogP) is 1.38. The van der Waals surface area contributed by atoms with E-state index in [1.807, 2.05) is 43.3 Å². The van der Waals surface area contributed by atoms with Crippen molar-refractivity contribution < 1.29 is 4.79 Å². The van der Waals surface area contributed by atoms with Crippen LogP contribution in [0.5, 0.6) is 0 Å². The quantitative estimate of drug-likeness (QED) is 0.793. The number of anilines is 1. The molecule has 1 saturated heterocycles. The van der Waals surface area contributed by atoms with E-state index in [1.165, 1.54) is 25.7 Å². The van der Waals surface area contributed by atoms with Crippen LogP contribution in [0.4, 0.5) is 5.95 Å². The molecule has 6 nitrogen and oxygen atoms in total. The number of carbonyl (C=O) groups is 1. The molecule has 1 atom stereocenters. The van der Waals surface area contributed by atoms with Crippen molar-refractivity contribution in [3.8, 4) is 0 Å². The lowest BCUT2D eigenvalue weighted by atomic mass is 10.1. The highest BCUT2D eigenvalue weighted by Crippen LogP contribution is 2.37. The van der Waals surface area contributed by atoms with Crippen LogP contribution in [0.2, 0.25) is 0 Å². The molecule has 0 radical (unpaired) electrons. The molecule has 1 aliphatic heterocycles. The van der Waals surface area contributed by atoms with Crippen LogP contribution in [0.25, 0.3) is 0 Å². The Morgan fingerprint density at radius 2 is 1.83 bits per heavy atom. The normalized spacial score (nSPS) is 19.6. The molecule has 6 heteroatoms. The maximum absolute atomic E-state index is 12.9. The molecule has 2 aliphatic rings. The summed E-state index contributed by atoms with van der Waals surface area (Å²) in [6, 6.07) is 0.0875. The lowest BCUT2D eigenvalue weighted by molar-refractivity contribution is -0.136. The van der Waals surface area contributed by atoms with Crippen LogP contribution in [-0.2, 0) is 11.3 Å². The standard InChI is InChI=1S/C17H27N5O/c1-20(2)17-18-10-13(11-19-17)12-21(3)16(23)15(14-6-7-14)22-8-4-5-9-22/h10-11,14-15H,4-9,12H2,1-3H3/t15-/m0/s1. The molecular weight excluding hydrogens is 290 g/mol. The molecule has 0 aromatic carbocycles. The van der Waals surface area contributed by atoms with E-state index in [9.17, 15) is 4.79 Å². The Balaban J connectivity index is 1.63. The molecule has 0 spiro atoms. The largest absolute Gasteiger partial charge is 0.347 e. The van der Waals surface area contributed by atoms with Crippen molar-refractivity contribution >= 4 is 11.9 Å². The topological polar surface area (TPSA) is 52.6 Å². The molecule has 0 unspecified atom stereocenters. The maximum Gasteiger partial charge on any atom is 0.240 e. The Hall–Kier alpha value is -1.69. The lowest BCUT2D eigenvalue weighted by Crippen LogP contribution is -2.47. The van der Waals surface area contributed by atoms with E-state index in [1.54, 1.807) is 0 Å². The van der Waals surface area contributed by atoms with Crippen molar-refractivity contribution in [3.05, 3.63) is 18.0 Å². The van der Waals surface area contributed by atoms with Gasteiger partial charge in [-0.05, 0) is 44.7 Å². The minimum Gasteiger partial charge on any atom is -0.347 e. The number of likely N-dealkylation sites (tertiary alicyclic amines) is 1. The summed E-state index contributed by atoms with van der Waals surface area (Å²) in [6.45, 7) is 2.71. The van der Waals surface area contributed by atoms with E-state index in [-0.39, 0.29) is 11.9 Å². The van der Waals surface area contributed by atoms with Gasteiger partial charge in [0.2, 0.25) is 11.9 Å². The number of likely N-dealkylation sites (N-methyl/N-ethyl adjacent to an activating group) is 1. The highest BCUT2D eigenvalue weighted by Gasteiger charge is 2.41. The molecule has 1 saturated carbocycles. The van der Waals surface area contributed by atoms with Gasteiger partial charge in [-0.25, -0.2) is 9.97 Å². The van der Waals surface area contributed by atoms with E-state index < -0.39 is 0 Å². The van der Waals surface area contributed by atoms with Gasteiger partial charge in [-0.3, -0.25) is 9.69 Å². The van der Waals surface area contributed by atoms with E-state index in [0.29, 0.717) is 18.4 Å². The molecule has 0 bridgehead atoms. The first-order valence-corrected chi connectivity index (χ1v) is 8.53. The Kier molecular flexibility index (Phi) is 4.80. The molecule has 1 aromatic heterocycles. The maximum atomic E-state index is 12.9. The van der Waals surface area contributed by atoms with Crippen molar-refractivity contribution in [1.82, 2.24) is 19.8 Å². The second kappa shape index (κ2) is 6.83. The number of carbonyl (C=O) groups excluding carboxylic acids is 1. The predicted molar refractivity (Wildman–Crippen MR) is 90.2 cm³/mol. The molecule has 1 aliphatic carbocycles. The Morgan fingerprint density at radius 1 is 1.22 bits per heavy atom. The first kappa shape index (κ1) is 16.2. The number of amides is 1. The smallest absolute Gasteiger partial charge is 0.240 e. The first-order chi connectivity index (χ1) is 11.1. The number of aromatic nitrogens is 2. The van der Waals surface area contributed by atoms with Gasteiger partial charge in [0.25, 0.3) is 0 Å². The molecular formula is C17H27N5O. The van der Waals surface area contributed by atoms with Gasteiger partial charge in [0, 0.05) is 45.6 Å². The Labute approximate surface area is 138 Å². The number of hydrogen-bond acceptors (Lipinski definition) is 5. The van der Waals surface area contributed by atoms with Crippen molar-refractivity contribution in [1.29, 1.82) is 0 Å². The molecule has 3 rings (SSSR count). The summed E-state index contributed by atoms with van der Waals surface area (Å²) in [6.07, 6.45) is 8.46. The van der Waals surface area contributed by atoms with E-state index >= 15 is 0 Å². The summed E-state index contributed by atoms with van der Waals surface area (Å²) in [7, 11) is 5.73. The summed E-state index contributed by atoms with van der Waals surface area (Å²) >= 11 is 0. The molecule has 2 heterocycles. The minimum atomic E-state index is 0.0875. The Bertz CT molecular complexity index is 534. The summed E-state index contributed by atoms with van der Waals surface area (Å²) in [5.74, 6) is 1.51. The number of hydrogen-bond donors (Lipinski definition) is 0. The van der Waals surface area contributed by atoms with Crippen molar-refractivity contribution in [2.75, 3.05) is 39.1 Å². The van der Waals surface area contributed by atoms with Gasteiger partial charge in [-0.2, -0.15) is 0 Å². The lowest BCUT2D eigenvalue weighted by Gasteiger charge is -2.30. The summed E-state index contributed by atoms with van der Waals surface area (Å²) in [4.78, 5) is 27.7. The zero-order chi connectivity index (χ0) is 16.4. The average molecular weight is 317 g/mol. The second-order valence-corrected chi connectivity index (χ2v) is 7.01. The highest BCUT2D eigenvalue weighted by molar-refractivity contribution is 5.82. The fourth-order valence-electron chi connectivity index (χ4n) is 3.33. The van der Waals surface area contributed by atoms with Crippen LogP contribution in [0.1, 0.15) is 31.2 Å². The molecule has 1 aromatic rings. The fourth-order valence-corrected chi connectivity index (χ4v) is 3.33. The van der Waals surface area contributed by atoms with Crippen LogP contribution in [0.3, 0.4) is 0 Å². The zero-order valence-corrected chi connectivity index (χ0v) is 14.4. The van der Waals surface area contributed by atoms with Crippen LogP contribution < -0.4 is 4.90 Å². The monoisotopic (exact) mass is 317 g/mol. The fraction of sp³-hybridized carbons (Fsp3) is 0.706. The van der Waals surface area contributed by atoms with Gasteiger partial charge < -0.3 is 9.80 Å². The van der Waals surface area contributed by atoms with Gasteiger partial charge >= 0.3 is 0 Å². The third-order valence-electron chi connectivity index (χ3n) is 4.74. The van der Waals surface area contributed by atoms with Crippen molar-refractivity contribution in [2.24, 2.45) is 5.92 Å². The second-order valence-electron chi connectivity index (χ2n) is 7.01. The summed E-state index contributed by atoms with van der Waals surface area (Å²) in [5.41, 5.74) is 0.974. The molecule has 126 valence electrons. The van der Waals surface area contributed by atoms with Gasteiger partial charge in [-0.15, -0.1) is 0 Å². The van der Waals surface area contributed by atoms with Crippen LogP contribution >= 0.6 is 0 Å². The highest BCUT2D eigenvalue weighted by atomic mass is 16.2. The Morgan fingerprint density at radius 3 is 2.35 bits per heavy atom. The van der Waals surface area contributed by atoms with E-state index in [2.05, 4.69) is 14.9 Å². The van der Waals surface area contributed by atoms with E-state index in [0.717, 1.165) is 18.7 Å². The molecule has 23 heavy (non-hydrogen) atoms. The summed E-state index contributed by atoms with van der Waals surface area (Å²) in [5, 5.41) is 0. The molecule has 0 N–H and O–H groups in total. The van der Waals surface area contributed by atoms with Crippen molar-refractivity contribution in [2.45, 2.75) is 38.3 Å². The van der Waals surface area contributed by atoms with Gasteiger partial charge in [0.15, 0.2) is 0 Å². The van der Waals surface area contributed by atoms with E-state index in [4.69, 9.17) is 0 Å². The number of nitrogens with zero attached hydrogens (tertiary/aromatic N) is 5. The van der Waals surface area contributed by atoms with Crippen LogP contribution in [0.15, 0.2) is 12.4 Å². The third kappa shape index (κ3) is 3.80. The third-order valence-corrected chi connectivity index (χ3v) is 4.74. The molecule has 2 fully saturated rings. The summed E-state index contributed by atoms with van der Waals surface area (Å²) < 4.78 is 0. The van der Waals surface area contributed by atoms with Crippen LogP contribution in [-0.4, -0.2) is 65.9 Å². The minimum absolute atomic E-state index is 0.0875.